The molecule has 0 radical (unpaired) electrons. The molecular formula is C14H23NO. The largest absolute Gasteiger partial charge is 0.300 e. The Hall–Kier alpha value is -0.810. The maximum atomic E-state index is 11.2. The Bertz CT molecular complexity index is 254. The van der Waals surface area contributed by atoms with E-state index in [9.17, 15) is 4.79 Å². The van der Waals surface area contributed by atoms with Crippen molar-refractivity contribution in [2.24, 2.45) is 0 Å². The van der Waals surface area contributed by atoms with E-state index in [2.05, 4.69) is 10.8 Å². The van der Waals surface area contributed by atoms with Crippen LogP contribution in [0.5, 0.6) is 0 Å². The molecule has 0 bridgehead atoms. The summed E-state index contributed by atoms with van der Waals surface area (Å²) in [5.41, 5.74) is 0. The van der Waals surface area contributed by atoms with Gasteiger partial charge in [-0.3, -0.25) is 9.69 Å². The van der Waals surface area contributed by atoms with Gasteiger partial charge in [-0.1, -0.05) is 12.8 Å². The van der Waals surface area contributed by atoms with Crippen molar-refractivity contribution in [3.05, 3.63) is 0 Å². The first kappa shape index (κ1) is 13.3. The number of carbonyl (C=O) groups excluding carboxylic acids is 1. The van der Waals surface area contributed by atoms with Crippen LogP contribution in [0.1, 0.15) is 51.9 Å². The van der Waals surface area contributed by atoms with Crippen LogP contribution in [-0.4, -0.2) is 29.8 Å². The highest BCUT2D eigenvalue weighted by Crippen LogP contribution is 2.19. The molecule has 1 fully saturated rings. The van der Waals surface area contributed by atoms with Crippen LogP contribution >= 0.6 is 0 Å². The number of terminal acetylenes is 1. The van der Waals surface area contributed by atoms with E-state index in [-0.39, 0.29) is 0 Å². The quantitative estimate of drug-likeness (QED) is 0.525. The number of hydrogen-bond donors (Lipinski definition) is 0. The zero-order valence-electron chi connectivity index (χ0n) is 10.4. The summed E-state index contributed by atoms with van der Waals surface area (Å²) in [5, 5.41) is 0. The van der Waals surface area contributed by atoms with Crippen molar-refractivity contribution in [2.45, 2.75) is 57.9 Å². The van der Waals surface area contributed by atoms with E-state index < -0.39 is 0 Å². The summed E-state index contributed by atoms with van der Waals surface area (Å²) in [4.78, 5) is 13.7. The van der Waals surface area contributed by atoms with E-state index >= 15 is 0 Å². The molecule has 1 atom stereocenters. The number of Topliss-reactive ketones (excluding diaryl/α,β-unsaturated/α-hetero) is 1. The van der Waals surface area contributed by atoms with E-state index in [1.807, 2.05) is 0 Å². The molecule has 1 rings (SSSR count). The number of likely N-dealkylation sites (tertiary alicyclic amines) is 1. The van der Waals surface area contributed by atoms with Crippen molar-refractivity contribution in [1.29, 1.82) is 0 Å². The second kappa shape index (κ2) is 7.46. The molecular weight excluding hydrogens is 198 g/mol. The smallest absolute Gasteiger partial charge is 0.131 e. The number of nitrogens with zero attached hydrogens (tertiary/aromatic N) is 1. The summed E-state index contributed by atoms with van der Waals surface area (Å²) in [6, 6.07) is 0.470. The zero-order valence-corrected chi connectivity index (χ0v) is 10.4. The van der Waals surface area contributed by atoms with Crippen molar-refractivity contribution in [2.75, 3.05) is 13.1 Å². The molecule has 1 aliphatic rings. The Morgan fingerprint density at radius 3 is 2.94 bits per heavy atom. The molecule has 0 aromatic heterocycles. The Balaban J connectivity index is 2.45. The highest BCUT2D eigenvalue weighted by Gasteiger charge is 2.21. The normalized spacial score (nSPS) is 22.4. The fourth-order valence-corrected chi connectivity index (χ4v) is 2.48. The minimum Gasteiger partial charge on any atom is -0.300 e. The Labute approximate surface area is 99.4 Å². The van der Waals surface area contributed by atoms with Gasteiger partial charge in [0.2, 0.25) is 0 Å². The van der Waals surface area contributed by atoms with Crippen LogP contribution in [0.3, 0.4) is 0 Å². The molecule has 0 spiro atoms. The van der Waals surface area contributed by atoms with Crippen molar-refractivity contribution in [1.82, 2.24) is 4.90 Å². The second-order valence-corrected chi connectivity index (χ2v) is 4.75. The molecule has 0 aromatic rings. The van der Waals surface area contributed by atoms with Gasteiger partial charge in [0.1, 0.15) is 5.78 Å². The monoisotopic (exact) mass is 221 g/mol. The van der Waals surface area contributed by atoms with E-state index in [0.717, 1.165) is 32.4 Å². The van der Waals surface area contributed by atoms with Crippen molar-refractivity contribution < 1.29 is 4.79 Å². The first-order valence-corrected chi connectivity index (χ1v) is 6.41. The van der Waals surface area contributed by atoms with Gasteiger partial charge in [0.15, 0.2) is 0 Å². The Morgan fingerprint density at radius 2 is 2.25 bits per heavy atom. The lowest BCUT2D eigenvalue weighted by molar-refractivity contribution is -0.118. The average molecular weight is 221 g/mol. The first-order valence-electron chi connectivity index (χ1n) is 6.41. The summed E-state index contributed by atoms with van der Waals surface area (Å²) < 4.78 is 0. The molecule has 1 unspecified atom stereocenters. The van der Waals surface area contributed by atoms with Gasteiger partial charge in [0.05, 0.1) is 0 Å². The molecule has 1 heterocycles. The van der Waals surface area contributed by atoms with Gasteiger partial charge >= 0.3 is 0 Å². The summed E-state index contributed by atoms with van der Waals surface area (Å²) in [6.45, 7) is 3.90. The maximum Gasteiger partial charge on any atom is 0.131 e. The SMILES string of the molecule is C#CCCCN1CCCCCC1CC(C)=O. The summed E-state index contributed by atoms with van der Waals surface area (Å²) >= 11 is 0. The van der Waals surface area contributed by atoms with Gasteiger partial charge in [0, 0.05) is 18.9 Å². The van der Waals surface area contributed by atoms with Crippen LogP contribution in [0, 0.1) is 12.3 Å². The summed E-state index contributed by atoms with van der Waals surface area (Å²) in [7, 11) is 0. The van der Waals surface area contributed by atoms with E-state index in [1.165, 1.54) is 25.7 Å². The molecule has 2 nitrogen and oxygen atoms in total. The second-order valence-electron chi connectivity index (χ2n) is 4.75. The number of carbonyl (C=O) groups is 1. The number of hydrogen-bond acceptors (Lipinski definition) is 2. The van der Waals surface area contributed by atoms with Gasteiger partial charge in [-0.05, 0) is 39.3 Å². The van der Waals surface area contributed by atoms with Gasteiger partial charge in [-0.15, -0.1) is 12.3 Å². The van der Waals surface area contributed by atoms with Gasteiger partial charge in [-0.2, -0.15) is 0 Å². The van der Waals surface area contributed by atoms with E-state index in [0.29, 0.717) is 11.8 Å². The predicted octanol–water partition coefficient (Wildman–Crippen LogP) is 2.62. The number of ketones is 1. The Morgan fingerprint density at radius 1 is 1.44 bits per heavy atom. The van der Waals surface area contributed by atoms with Crippen LogP contribution < -0.4 is 0 Å². The third kappa shape index (κ3) is 4.81. The van der Waals surface area contributed by atoms with Crippen LogP contribution in [-0.2, 0) is 4.79 Å². The molecule has 0 amide bonds. The standard InChI is InChI=1S/C14H23NO/c1-3-4-7-10-15-11-8-5-6-9-14(15)12-13(2)16/h1,14H,4-12H2,2H3. The van der Waals surface area contributed by atoms with E-state index in [1.54, 1.807) is 6.92 Å². The lowest BCUT2D eigenvalue weighted by Gasteiger charge is -2.29. The fraction of sp³-hybridized carbons (Fsp3) is 0.786. The third-order valence-electron chi connectivity index (χ3n) is 3.29. The molecule has 0 aliphatic carbocycles. The predicted molar refractivity (Wildman–Crippen MR) is 67.2 cm³/mol. The van der Waals surface area contributed by atoms with E-state index in [4.69, 9.17) is 6.42 Å². The lowest BCUT2D eigenvalue weighted by atomic mass is 10.0. The average Bonchev–Trinajstić information content (AvgIpc) is 2.44. The first-order chi connectivity index (χ1) is 7.74. The fourth-order valence-electron chi connectivity index (χ4n) is 2.48. The van der Waals surface area contributed by atoms with Crippen molar-refractivity contribution >= 4 is 5.78 Å². The molecule has 1 saturated heterocycles. The highest BCUT2D eigenvalue weighted by atomic mass is 16.1. The molecule has 0 aromatic carbocycles. The minimum atomic E-state index is 0.314. The summed E-state index contributed by atoms with van der Waals surface area (Å²) in [6.07, 6.45) is 12.9. The van der Waals surface area contributed by atoms with Crippen LogP contribution in [0.4, 0.5) is 0 Å². The molecule has 0 saturated carbocycles. The molecule has 16 heavy (non-hydrogen) atoms. The van der Waals surface area contributed by atoms with Crippen molar-refractivity contribution in [3.63, 3.8) is 0 Å². The number of rotatable bonds is 5. The maximum absolute atomic E-state index is 11.2. The molecule has 0 N–H and O–H groups in total. The number of unbranched alkanes of at least 4 members (excludes halogenated alkanes) is 1. The minimum absolute atomic E-state index is 0.314. The van der Waals surface area contributed by atoms with Crippen LogP contribution in [0.25, 0.3) is 0 Å². The zero-order chi connectivity index (χ0) is 11.8. The lowest BCUT2D eigenvalue weighted by Crippen LogP contribution is -2.36. The molecule has 2 heteroatoms. The molecule has 90 valence electrons. The highest BCUT2D eigenvalue weighted by molar-refractivity contribution is 5.76. The third-order valence-corrected chi connectivity index (χ3v) is 3.29. The summed E-state index contributed by atoms with van der Waals surface area (Å²) in [5.74, 6) is 3.00. The van der Waals surface area contributed by atoms with Gasteiger partial charge in [0.25, 0.3) is 0 Å². The Kier molecular flexibility index (Phi) is 6.18. The van der Waals surface area contributed by atoms with Crippen molar-refractivity contribution in [3.8, 4) is 12.3 Å². The van der Waals surface area contributed by atoms with Gasteiger partial charge in [-0.25, -0.2) is 0 Å². The van der Waals surface area contributed by atoms with Crippen LogP contribution in [0.2, 0.25) is 0 Å². The van der Waals surface area contributed by atoms with Gasteiger partial charge < -0.3 is 0 Å². The molecule has 1 aliphatic heterocycles. The van der Waals surface area contributed by atoms with Crippen LogP contribution in [0.15, 0.2) is 0 Å². The topological polar surface area (TPSA) is 20.3 Å².